The third kappa shape index (κ3) is 6.08. The molecular formula is C10H16N2O4S2. The topological polar surface area (TPSA) is 85.4 Å². The van der Waals surface area contributed by atoms with Gasteiger partial charge in [-0.05, 0) is 6.42 Å². The van der Waals surface area contributed by atoms with Crippen LogP contribution in [0.2, 0.25) is 0 Å². The molecule has 0 aliphatic carbocycles. The minimum absolute atomic E-state index is 0.0703. The number of carbonyl (C=O) groups excluding carboxylic acids is 1. The summed E-state index contributed by atoms with van der Waals surface area (Å²) in [7, 11) is -2.04. The van der Waals surface area contributed by atoms with E-state index in [9.17, 15) is 13.2 Å². The maximum atomic E-state index is 11.5. The van der Waals surface area contributed by atoms with E-state index in [1.165, 1.54) is 18.4 Å². The Hall–Kier alpha value is -0.990. The van der Waals surface area contributed by atoms with Crippen molar-refractivity contribution in [1.82, 2.24) is 9.71 Å². The Morgan fingerprint density at radius 1 is 1.56 bits per heavy atom. The molecule has 0 spiro atoms. The van der Waals surface area contributed by atoms with Crippen molar-refractivity contribution in [3.05, 3.63) is 16.6 Å². The minimum Gasteiger partial charge on any atom is -0.469 e. The number of methoxy groups -OCH3 is 1. The average Bonchev–Trinajstić information content (AvgIpc) is 2.81. The smallest absolute Gasteiger partial charge is 0.305 e. The Balaban J connectivity index is 2.21. The molecule has 1 heterocycles. The molecule has 0 atom stereocenters. The van der Waals surface area contributed by atoms with Crippen molar-refractivity contribution in [2.75, 3.05) is 19.4 Å². The normalized spacial score (nSPS) is 11.4. The number of ether oxygens (including phenoxy) is 1. The van der Waals surface area contributed by atoms with E-state index in [1.807, 2.05) is 5.38 Å². The van der Waals surface area contributed by atoms with Crippen LogP contribution in [0.1, 0.15) is 18.5 Å². The van der Waals surface area contributed by atoms with Gasteiger partial charge >= 0.3 is 5.97 Å². The summed E-state index contributed by atoms with van der Waals surface area (Å²) in [5.74, 6) is -0.466. The van der Waals surface area contributed by atoms with Gasteiger partial charge in [-0.3, -0.25) is 4.79 Å². The van der Waals surface area contributed by atoms with Crippen molar-refractivity contribution >= 4 is 27.3 Å². The Morgan fingerprint density at radius 2 is 2.33 bits per heavy atom. The predicted molar refractivity (Wildman–Crippen MR) is 68.9 cm³/mol. The van der Waals surface area contributed by atoms with Crippen molar-refractivity contribution in [2.24, 2.45) is 0 Å². The summed E-state index contributed by atoms with van der Waals surface area (Å²) in [5, 5.41) is 1.88. The van der Waals surface area contributed by atoms with Gasteiger partial charge in [0.2, 0.25) is 10.0 Å². The minimum atomic E-state index is -3.32. The highest BCUT2D eigenvalue weighted by Gasteiger charge is 2.11. The highest BCUT2D eigenvalue weighted by Crippen LogP contribution is 2.01. The van der Waals surface area contributed by atoms with Crippen molar-refractivity contribution in [3.8, 4) is 0 Å². The zero-order valence-electron chi connectivity index (χ0n) is 10.1. The summed E-state index contributed by atoms with van der Waals surface area (Å²) in [4.78, 5) is 14.9. The second-order valence-corrected chi connectivity index (χ2v) is 6.27. The van der Waals surface area contributed by atoms with Crippen molar-refractivity contribution in [3.63, 3.8) is 0 Å². The molecule has 0 amide bonds. The Bertz CT molecular complexity index is 456. The number of carbonyl (C=O) groups is 1. The maximum Gasteiger partial charge on any atom is 0.305 e. The maximum absolute atomic E-state index is 11.5. The second-order valence-electron chi connectivity index (χ2n) is 3.62. The zero-order valence-corrected chi connectivity index (χ0v) is 11.7. The largest absolute Gasteiger partial charge is 0.469 e. The molecule has 0 aliphatic rings. The second kappa shape index (κ2) is 7.45. The highest BCUT2D eigenvalue weighted by atomic mass is 32.2. The Kier molecular flexibility index (Phi) is 6.23. The average molecular weight is 292 g/mol. The lowest BCUT2D eigenvalue weighted by Crippen LogP contribution is -2.28. The van der Waals surface area contributed by atoms with Gasteiger partial charge in [0.15, 0.2) is 0 Å². The lowest BCUT2D eigenvalue weighted by Gasteiger charge is -2.05. The van der Waals surface area contributed by atoms with Crippen LogP contribution in [0.4, 0.5) is 0 Å². The van der Waals surface area contributed by atoms with Crippen LogP contribution in [0, 0.1) is 0 Å². The Labute approximate surface area is 110 Å². The molecule has 0 aliphatic heterocycles. The summed E-state index contributed by atoms with van der Waals surface area (Å²) in [6.07, 6.45) is 0.946. The van der Waals surface area contributed by atoms with Crippen LogP contribution in [0.15, 0.2) is 10.9 Å². The van der Waals surface area contributed by atoms with Crippen LogP contribution in [0.25, 0.3) is 0 Å². The highest BCUT2D eigenvalue weighted by molar-refractivity contribution is 7.89. The number of esters is 1. The van der Waals surface area contributed by atoms with Crippen LogP contribution >= 0.6 is 11.3 Å². The fraction of sp³-hybridized carbons (Fsp3) is 0.600. The SMILES string of the molecule is COC(=O)CCCS(=O)(=O)NCCc1cscn1. The monoisotopic (exact) mass is 292 g/mol. The molecule has 0 radical (unpaired) electrons. The molecule has 0 fully saturated rings. The number of rotatable bonds is 8. The number of aromatic nitrogens is 1. The van der Waals surface area contributed by atoms with Crippen LogP contribution < -0.4 is 4.72 Å². The number of nitrogens with one attached hydrogen (secondary N) is 1. The molecule has 0 saturated heterocycles. The van der Waals surface area contributed by atoms with Gasteiger partial charge < -0.3 is 4.74 Å². The van der Waals surface area contributed by atoms with E-state index in [4.69, 9.17) is 0 Å². The van der Waals surface area contributed by atoms with E-state index >= 15 is 0 Å². The van der Waals surface area contributed by atoms with Gasteiger partial charge in [0, 0.05) is 24.8 Å². The fourth-order valence-electron chi connectivity index (χ4n) is 1.28. The van der Waals surface area contributed by atoms with Crippen LogP contribution in [0.5, 0.6) is 0 Å². The third-order valence-corrected chi connectivity index (χ3v) is 4.31. The summed E-state index contributed by atoms with van der Waals surface area (Å²) in [6, 6.07) is 0. The van der Waals surface area contributed by atoms with Crippen LogP contribution in [0.3, 0.4) is 0 Å². The lowest BCUT2D eigenvalue weighted by molar-refractivity contribution is -0.140. The van der Waals surface area contributed by atoms with Gasteiger partial charge in [-0.1, -0.05) is 0 Å². The number of sulfonamides is 1. The zero-order chi connectivity index (χ0) is 13.4. The number of nitrogens with zero attached hydrogens (tertiary/aromatic N) is 1. The number of hydrogen-bond donors (Lipinski definition) is 1. The van der Waals surface area contributed by atoms with Crippen LogP contribution in [-0.2, 0) is 26.0 Å². The molecular weight excluding hydrogens is 276 g/mol. The van der Waals surface area contributed by atoms with Crippen LogP contribution in [-0.4, -0.2) is 38.8 Å². The molecule has 102 valence electrons. The summed E-state index contributed by atoms with van der Waals surface area (Å²) < 4.78 is 30.0. The summed E-state index contributed by atoms with van der Waals surface area (Å²) >= 11 is 1.48. The van der Waals surface area contributed by atoms with E-state index in [1.54, 1.807) is 5.51 Å². The number of hydrogen-bond acceptors (Lipinski definition) is 6. The lowest BCUT2D eigenvalue weighted by atomic mass is 10.3. The molecule has 6 nitrogen and oxygen atoms in total. The van der Waals surface area contributed by atoms with E-state index in [0.717, 1.165) is 5.69 Å². The standard InChI is InChI=1S/C10H16N2O4S2/c1-16-10(13)3-2-6-18(14,15)12-5-4-9-7-17-8-11-9/h7-8,12H,2-6H2,1H3. The van der Waals surface area contributed by atoms with Crippen molar-refractivity contribution < 1.29 is 17.9 Å². The van der Waals surface area contributed by atoms with Gasteiger partial charge in [0.1, 0.15) is 0 Å². The molecule has 1 rings (SSSR count). The van der Waals surface area contributed by atoms with Gasteiger partial charge in [-0.25, -0.2) is 18.1 Å². The number of thiazole rings is 1. The van der Waals surface area contributed by atoms with Gasteiger partial charge in [-0.15, -0.1) is 11.3 Å². The van der Waals surface area contributed by atoms with E-state index in [-0.39, 0.29) is 18.6 Å². The first-order valence-electron chi connectivity index (χ1n) is 5.45. The van der Waals surface area contributed by atoms with Gasteiger partial charge in [0.25, 0.3) is 0 Å². The van der Waals surface area contributed by atoms with E-state index in [0.29, 0.717) is 13.0 Å². The van der Waals surface area contributed by atoms with E-state index < -0.39 is 16.0 Å². The molecule has 0 saturated carbocycles. The third-order valence-electron chi connectivity index (χ3n) is 2.21. The van der Waals surface area contributed by atoms with Crippen molar-refractivity contribution in [2.45, 2.75) is 19.3 Å². The van der Waals surface area contributed by atoms with Gasteiger partial charge in [0.05, 0.1) is 24.1 Å². The quantitative estimate of drug-likeness (QED) is 0.708. The van der Waals surface area contributed by atoms with Crippen molar-refractivity contribution in [1.29, 1.82) is 0 Å². The predicted octanol–water partition coefficient (Wildman–Crippen LogP) is 0.558. The molecule has 18 heavy (non-hydrogen) atoms. The molecule has 0 aromatic carbocycles. The van der Waals surface area contributed by atoms with Gasteiger partial charge in [-0.2, -0.15) is 0 Å². The summed E-state index contributed by atoms with van der Waals surface area (Å²) in [5.41, 5.74) is 2.58. The first-order chi connectivity index (χ1) is 8.53. The fourth-order valence-corrected chi connectivity index (χ4v) is 2.95. The molecule has 1 aromatic rings. The van der Waals surface area contributed by atoms with E-state index in [2.05, 4.69) is 14.4 Å². The Morgan fingerprint density at radius 3 is 2.94 bits per heavy atom. The first kappa shape index (κ1) is 15.1. The molecule has 1 N–H and O–H groups in total. The first-order valence-corrected chi connectivity index (χ1v) is 8.04. The molecule has 8 heteroatoms. The molecule has 1 aromatic heterocycles. The molecule has 0 unspecified atom stereocenters. The summed E-state index contributed by atoms with van der Waals surface area (Å²) in [6.45, 7) is 0.324. The molecule has 0 bridgehead atoms.